The molecule has 0 aliphatic carbocycles. The van der Waals surface area contributed by atoms with Crippen LogP contribution in [0, 0.1) is 11.8 Å². The second kappa shape index (κ2) is 18.6. The number of carboxylic acid groups (broad SMARTS) is 1. The molecule has 1 N–H and O–H groups in total. The van der Waals surface area contributed by atoms with Gasteiger partial charge in [0.1, 0.15) is 0 Å². The Balaban J connectivity index is 3.53. The fraction of sp³-hybridized carbons (Fsp3) is 0.875. The highest BCUT2D eigenvalue weighted by Crippen LogP contribution is 2.19. The molecule has 0 aliphatic rings. The van der Waals surface area contributed by atoms with Crippen molar-refractivity contribution in [1.29, 1.82) is 0 Å². The van der Waals surface area contributed by atoms with Gasteiger partial charge in [-0.2, -0.15) is 0 Å². The minimum Gasteiger partial charge on any atom is -0.481 e. The van der Waals surface area contributed by atoms with Crippen LogP contribution in [0.3, 0.4) is 0 Å². The van der Waals surface area contributed by atoms with Gasteiger partial charge in [-0.15, -0.1) is 0 Å². The molecule has 0 bridgehead atoms. The summed E-state index contributed by atoms with van der Waals surface area (Å²) in [6.45, 7) is 6.40. The number of unbranched alkanes of at least 4 members (excludes halogenated alkanes) is 9. The van der Waals surface area contributed by atoms with Crippen LogP contribution in [0.15, 0.2) is 0 Å². The molecule has 5 heteroatoms. The number of ether oxygens (including phenoxy) is 1. The number of carbonyl (C=O) groups is 3. The summed E-state index contributed by atoms with van der Waals surface area (Å²) in [6, 6.07) is 0. The van der Waals surface area contributed by atoms with Gasteiger partial charge in [-0.25, -0.2) is 0 Å². The summed E-state index contributed by atoms with van der Waals surface area (Å²) in [4.78, 5) is 33.6. The van der Waals surface area contributed by atoms with E-state index in [0.717, 1.165) is 18.8 Å². The van der Waals surface area contributed by atoms with Crippen molar-refractivity contribution < 1.29 is 24.2 Å². The third-order valence-electron chi connectivity index (χ3n) is 5.54. The van der Waals surface area contributed by atoms with Gasteiger partial charge < -0.3 is 9.84 Å². The van der Waals surface area contributed by atoms with E-state index in [2.05, 4.69) is 13.8 Å². The number of hydrogen-bond donors (Lipinski definition) is 1. The first-order valence-corrected chi connectivity index (χ1v) is 11.8. The summed E-state index contributed by atoms with van der Waals surface area (Å²) in [5.41, 5.74) is 0. The van der Waals surface area contributed by atoms with Gasteiger partial charge in [-0.1, -0.05) is 104 Å². The lowest BCUT2D eigenvalue weighted by Gasteiger charge is -2.11. The molecule has 170 valence electrons. The summed E-state index contributed by atoms with van der Waals surface area (Å²) in [5, 5.41) is 8.52. The van der Waals surface area contributed by atoms with Crippen LogP contribution in [-0.2, 0) is 19.1 Å². The van der Waals surface area contributed by atoms with Gasteiger partial charge in [0.25, 0.3) is 0 Å². The predicted octanol–water partition coefficient (Wildman–Crippen LogP) is 6.67. The third-order valence-corrected chi connectivity index (χ3v) is 5.54. The van der Waals surface area contributed by atoms with Crippen LogP contribution in [0.1, 0.15) is 124 Å². The van der Waals surface area contributed by atoms with E-state index in [-0.39, 0.29) is 18.8 Å². The van der Waals surface area contributed by atoms with Crippen molar-refractivity contribution in [3.05, 3.63) is 0 Å². The molecule has 2 unspecified atom stereocenters. The quantitative estimate of drug-likeness (QED) is 0.145. The fourth-order valence-electron chi connectivity index (χ4n) is 3.48. The van der Waals surface area contributed by atoms with Crippen LogP contribution < -0.4 is 0 Å². The Kier molecular flexibility index (Phi) is 17.7. The monoisotopic (exact) mass is 412 g/mol. The molecule has 0 spiro atoms. The number of rotatable bonds is 19. The summed E-state index contributed by atoms with van der Waals surface area (Å²) in [6.07, 6.45) is 16.8. The molecule has 0 aliphatic heterocycles. The Morgan fingerprint density at radius 1 is 0.724 bits per heavy atom. The number of carboxylic acids is 1. The first-order valence-electron chi connectivity index (χ1n) is 11.8. The Morgan fingerprint density at radius 2 is 1.21 bits per heavy atom. The normalized spacial score (nSPS) is 13.1. The highest BCUT2D eigenvalue weighted by Gasteiger charge is 2.18. The number of esters is 2. The summed E-state index contributed by atoms with van der Waals surface area (Å²) < 4.78 is 4.70. The molecule has 0 rings (SSSR count). The van der Waals surface area contributed by atoms with Crippen molar-refractivity contribution in [2.75, 3.05) is 0 Å². The van der Waals surface area contributed by atoms with Crippen LogP contribution in [0.4, 0.5) is 0 Å². The van der Waals surface area contributed by atoms with Gasteiger partial charge in [0.2, 0.25) is 0 Å². The van der Waals surface area contributed by atoms with Crippen LogP contribution in [0.25, 0.3) is 0 Å². The fourth-order valence-corrected chi connectivity index (χ4v) is 3.48. The van der Waals surface area contributed by atoms with E-state index in [1.54, 1.807) is 6.92 Å². The zero-order chi connectivity index (χ0) is 21.9. The zero-order valence-corrected chi connectivity index (χ0v) is 19.0. The first kappa shape index (κ1) is 27.6. The van der Waals surface area contributed by atoms with E-state index in [9.17, 15) is 14.4 Å². The highest BCUT2D eigenvalue weighted by molar-refractivity contribution is 5.87. The first-order chi connectivity index (χ1) is 13.9. The predicted molar refractivity (Wildman–Crippen MR) is 117 cm³/mol. The van der Waals surface area contributed by atoms with Gasteiger partial charge in [-0.05, 0) is 12.3 Å². The summed E-state index contributed by atoms with van der Waals surface area (Å²) in [5.74, 6) is -1.83. The molecule has 0 saturated carbocycles. The van der Waals surface area contributed by atoms with Crippen molar-refractivity contribution >= 4 is 17.9 Å². The number of hydrogen-bond acceptors (Lipinski definition) is 4. The molecule has 0 aromatic heterocycles. The minimum atomic E-state index is -1.07. The average Bonchev–Trinajstić information content (AvgIpc) is 2.67. The highest BCUT2D eigenvalue weighted by atomic mass is 16.6. The van der Waals surface area contributed by atoms with Gasteiger partial charge in [0.15, 0.2) is 0 Å². The SMILES string of the molecule is CCCCCCCC(C)CCCCCCCCC(C)C(=O)OC(=O)CCC(=O)O. The number of carbonyl (C=O) groups excluding carboxylic acids is 2. The maximum Gasteiger partial charge on any atom is 0.316 e. The molecular formula is C24H44O5. The molecule has 0 heterocycles. The lowest BCUT2D eigenvalue weighted by Crippen LogP contribution is -2.19. The van der Waals surface area contributed by atoms with Crippen molar-refractivity contribution in [3.63, 3.8) is 0 Å². The van der Waals surface area contributed by atoms with Crippen molar-refractivity contribution in [2.24, 2.45) is 11.8 Å². The number of aliphatic carboxylic acids is 1. The minimum absolute atomic E-state index is 0.259. The van der Waals surface area contributed by atoms with E-state index in [1.165, 1.54) is 70.6 Å². The lowest BCUT2D eigenvalue weighted by molar-refractivity contribution is -0.163. The second-order valence-corrected chi connectivity index (χ2v) is 8.59. The molecular weight excluding hydrogens is 368 g/mol. The topological polar surface area (TPSA) is 80.7 Å². The largest absolute Gasteiger partial charge is 0.481 e. The maximum absolute atomic E-state index is 11.8. The van der Waals surface area contributed by atoms with Crippen molar-refractivity contribution in [1.82, 2.24) is 0 Å². The van der Waals surface area contributed by atoms with E-state index >= 15 is 0 Å². The standard InChI is InChI=1S/C24H44O5/c1-4-5-6-9-12-15-20(2)16-13-10-7-8-11-14-17-21(3)24(28)29-23(27)19-18-22(25)26/h20-21H,4-19H2,1-3H3,(H,25,26). The van der Waals surface area contributed by atoms with Gasteiger partial charge in [0.05, 0.1) is 18.8 Å². The van der Waals surface area contributed by atoms with Crippen LogP contribution in [-0.4, -0.2) is 23.0 Å². The Hall–Kier alpha value is -1.39. The molecule has 2 atom stereocenters. The lowest BCUT2D eigenvalue weighted by atomic mass is 9.95. The van der Waals surface area contributed by atoms with Crippen molar-refractivity contribution in [2.45, 2.75) is 124 Å². The molecule has 0 amide bonds. The smallest absolute Gasteiger partial charge is 0.316 e. The van der Waals surface area contributed by atoms with Gasteiger partial charge in [-0.3, -0.25) is 14.4 Å². The third kappa shape index (κ3) is 18.4. The molecule has 5 nitrogen and oxygen atoms in total. The Labute approximate surface area is 178 Å². The summed E-state index contributed by atoms with van der Waals surface area (Å²) in [7, 11) is 0. The average molecular weight is 413 g/mol. The van der Waals surface area contributed by atoms with E-state index < -0.39 is 17.9 Å². The molecule has 0 aromatic rings. The Bertz CT molecular complexity index is 447. The van der Waals surface area contributed by atoms with Crippen LogP contribution in [0.5, 0.6) is 0 Å². The molecule has 29 heavy (non-hydrogen) atoms. The molecule has 0 saturated heterocycles. The van der Waals surface area contributed by atoms with E-state index in [4.69, 9.17) is 9.84 Å². The van der Waals surface area contributed by atoms with Crippen molar-refractivity contribution in [3.8, 4) is 0 Å². The van der Waals surface area contributed by atoms with E-state index in [1.807, 2.05) is 0 Å². The van der Waals surface area contributed by atoms with Crippen LogP contribution >= 0.6 is 0 Å². The Morgan fingerprint density at radius 3 is 1.72 bits per heavy atom. The second-order valence-electron chi connectivity index (χ2n) is 8.59. The molecule has 0 radical (unpaired) electrons. The van der Waals surface area contributed by atoms with E-state index in [0.29, 0.717) is 6.42 Å². The molecule has 0 fully saturated rings. The zero-order valence-electron chi connectivity index (χ0n) is 19.0. The van der Waals surface area contributed by atoms with Crippen LogP contribution in [0.2, 0.25) is 0 Å². The van der Waals surface area contributed by atoms with Gasteiger partial charge >= 0.3 is 17.9 Å². The maximum atomic E-state index is 11.8. The summed E-state index contributed by atoms with van der Waals surface area (Å²) >= 11 is 0. The van der Waals surface area contributed by atoms with Gasteiger partial charge in [0, 0.05) is 0 Å². The molecule has 0 aromatic carbocycles.